The molecule has 1 fully saturated rings. The van der Waals surface area contributed by atoms with Gasteiger partial charge in [-0.15, -0.1) is 0 Å². The summed E-state index contributed by atoms with van der Waals surface area (Å²) in [6.45, 7) is 6.53. The molecular formula is C26H34N6O3. The molecule has 3 aromatic rings. The van der Waals surface area contributed by atoms with Crippen LogP contribution in [0.1, 0.15) is 16.7 Å². The first-order valence-electron chi connectivity index (χ1n) is 11.8. The van der Waals surface area contributed by atoms with E-state index in [1.165, 1.54) is 5.56 Å². The molecule has 35 heavy (non-hydrogen) atoms. The number of hydrogen-bond donors (Lipinski definition) is 2. The van der Waals surface area contributed by atoms with Crippen LogP contribution < -0.4 is 25.7 Å². The summed E-state index contributed by atoms with van der Waals surface area (Å²) in [5.74, 6) is 2.34. The Morgan fingerprint density at radius 1 is 0.886 bits per heavy atom. The lowest BCUT2D eigenvalue weighted by atomic mass is 10.1. The molecule has 0 radical (unpaired) electrons. The van der Waals surface area contributed by atoms with Crippen molar-refractivity contribution in [1.82, 2.24) is 19.8 Å². The van der Waals surface area contributed by atoms with Crippen molar-refractivity contribution < 1.29 is 14.2 Å². The predicted molar refractivity (Wildman–Crippen MR) is 137 cm³/mol. The van der Waals surface area contributed by atoms with Crippen molar-refractivity contribution in [3.8, 4) is 17.2 Å². The number of piperazine rings is 1. The van der Waals surface area contributed by atoms with E-state index < -0.39 is 0 Å². The largest absolute Gasteiger partial charge is 0.493 e. The Labute approximate surface area is 206 Å². The second-order valence-corrected chi connectivity index (χ2v) is 8.60. The van der Waals surface area contributed by atoms with E-state index in [-0.39, 0.29) is 5.95 Å². The second-order valence-electron chi connectivity index (χ2n) is 8.60. The Hall–Kier alpha value is -3.56. The van der Waals surface area contributed by atoms with E-state index in [0.29, 0.717) is 36.1 Å². The third-order valence-electron chi connectivity index (χ3n) is 6.20. The van der Waals surface area contributed by atoms with Gasteiger partial charge in [-0.25, -0.2) is 4.98 Å². The third-order valence-corrected chi connectivity index (χ3v) is 6.20. The molecule has 1 aliphatic rings. The maximum absolute atomic E-state index is 6.15. The summed E-state index contributed by atoms with van der Waals surface area (Å²) >= 11 is 0. The minimum absolute atomic E-state index is 0.155. The van der Waals surface area contributed by atoms with Gasteiger partial charge in [0.05, 0.1) is 14.2 Å². The van der Waals surface area contributed by atoms with Gasteiger partial charge in [0.2, 0.25) is 11.7 Å². The average molecular weight is 479 g/mol. The zero-order valence-electron chi connectivity index (χ0n) is 20.4. The van der Waals surface area contributed by atoms with Crippen molar-refractivity contribution in [3.63, 3.8) is 0 Å². The molecule has 2 aromatic carbocycles. The standard InChI is InChI=1S/C26H34N6O3/c1-33-22-15-20(14-21-17-29-26(28)30-25(21)27)16-23(34-2)24(22)35-13-12-31-8-10-32(11-9-31)18-19-6-4-3-5-7-19/h3-7,15-17H,8-14,18H2,1-2H3,(H4,27,28,29,30). The minimum Gasteiger partial charge on any atom is -0.493 e. The van der Waals surface area contributed by atoms with Crippen LogP contribution in [0.2, 0.25) is 0 Å². The second kappa shape index (κ2) is 11.7. The lowest BCUT2D eigenvalue weighted by Crippen LogP contribution is -2.47. The van der Waals surface area contributed by atoms with E-state index >= 15 is 0 Å². The van der Waals surface area contributed by atoms with Crippen molar-refractivity contribution in [1.29, 1.82) is 0 Å². The van der Waals surface area contributed by atoms with Gasteiger partial charge in [-0.2, -0.15) is 4.98 Å². The van der Waals surface area contributed by atoms with Gasteiger partial charge in [0.1, 0.15) is 12.4 Å². The number of aromatic nitrogens is 2. The smallest absolute Gasteiger partial charge is 0.221 e. The highest BCUT2D eigenvalue weighted by atomic mass is 16.5. The van der Waals surface area contributed by atoms with Crippen molar-refractivity contribution in [2.75, 3.05) is 65.0 Å². The molecule has 0 bridgehead atoms. The fourth-order valence-electron chi connectivity index (χ4n) is 4.26. The number of methoxy groups -OCH3 is 2. The molecule has 1 aliphatic heterocycles. The molecule has 4 rings (SSSR count). The SMILES string of the molecule is COc1cc(Cc2cnc(N)nc2N)cc(OC)c1OCCN1CCN(Cc2ccccc2)CC1. The molecule has 9 heteroatoms. The van der Waals surface area contributed by atoms with E-state index in [4.69, 9.17) is 25.7 Å². The quantitative estimate of drug-likeness (QED) is 0.454. The van der Waals surface area contributed by atoms with Crippen LogP contribution in [0.3, 0.4) is 0 Å². The number of nitrogens with zero attached hydrogens (tertiary/aromatic N) is 4. The van der Waals surface area contributed by atoms with E-state index in [1.54, 1.807) is 20.4 Å². The van der Waals surface area contributed by atoms with Crippen LogP contribution >= 0.6 is 0 Å². The van der Waals surface area contributed by atoms with Crippen molar-refractivity contribution in [3.05, 3.63) is 65.4 Å². The molecule has 1 saturated heterocycles. The topological polar surface area (TPSA) is 112 Å². The number of nitrogen functional groups attached to an aromatic ring is 2. The van der Waals surface area contributed by atoms with Crippen LogP contribution in [-0.4, -0.2) is 73.3 Å². The summed E-state index contributed by atoms with van der Waals surface area (Å²) < 4.78 is 17.4. The van der Waals surface area contributed by atoms with Crippen molar-refractivity contribution >= 4 is 11.8 Å². The lowest BCUT2D eigenvalue weighted by molar-refractivity contribution is 0.111. The average Bonchev–Trinajstić information content (AvgIpc) is 2.87. The number of hydrogen-bond acceptors (Lipinski definition) is 9. The van der Waals surface area contributed by atoms with Gasteiger partial charge in [0.15, 0.2) is 11.5 Å². The highest BCUT2D eigenvalue weighted by Crippen LogP contribution is 2.39. The first-order chi connectivity index (χ1) is 17.1. The van der Waals surface area contributed by atoms with Gasteiger partial charge in [-0.3, -0.25) is 9.80 Å². The highest BCUT2D eigenvalue weighted by Gasteiger charge is 2.19. The maximum Gasteiger partial charge on any atom is 0.221 e. The van der Waals surface area contributed by atoms with Gasteiger partial charge in [-0.05, 0) is 23.3 Å². The van der Waals surface area contributed by atoms with Crippen LogP contribution in [0.5, 0.6) is 17.2 Å². The number of rotatable bonds is 10. The Kier molecular flexibility index (Phi) is 8.23. The number of benzene rings is 2. The van der Waals surface area contributed by atoms with Crippen LogP contribution in [0.25, 0.3) is 0 Å². The zero-order valence-corrected chi connectivity index (χ0v) is 20.4. The van der Waals surface area contributed by atoms with Gasteiger partial charge in [0.25, 0.3) is 0 Å². The van der Waals surface area contributed by atoms with E-state index in [9.17, 15) is 0 Å². The Balaban J connectivity index is 1.32. The summed E-state index contributed by atoms with van der Waals surface area (Å²) in [7, 11) is 3.25. The van der Waals surface area contributed by atoms with Gasteiger partial charge < -0.3 is 25.7 Å². The lowest BCUT2D eigenvalue weighted by Gasteiger charge is -2.34. The molecule has 0 atom stereocenters. The monoisotopic (exact) mass is 478 g/mol. The van der Waals surface area contributed by atoms with Crippen molar-refractivity contribution in [2.45, 2.75) is 13.0 Å². The molecular weight excluding hydrogens is 444 g/mol. The summed E-state index contributed by atoms with van der Waals surface area (Å²) in [4.78, 5) is 13.0. The summed E-state index contributed by atoms with van der Waals surface area (Å²) in [5.41, 5.74) is 14.7. The molecule has 0 unspecified atom stereocenters. The van der Waals surface area contributed by atoms with Crippen molar-refractivity contribution in [2.24, 2.45) is 0 Å². The molecule has 0 amide bonds. The number of nitrogens with two attached hydrogens (primary N) is 2. The maximum atomic E-state index is 6.15. The predicted octanol–water partition coefficient (Wildman–Crippen LogP) is 2.45. The third kappa shape index (κ3) is 6.52. The molecule has 2 heterocycles. The summed E-state index contributed by atoms with van der Waals surface area (Å²) in [6, 6.07) is 14.5. The molecule has 0 saturated carbocycles. The van der Waals surface area contributed by atoms with Crippen LogP contribution in [-0.2, 0) is 13.0 Å². The first kappa shape index (κ1) is 24.6. The zero-order chi connectivity index (χ0) is 24.6. The Bertz CT molecular complexity index is 1080. The van der Waals surface area contributed by atoms with E-state index in [0.717, 1.165) is 50.4 Å². The van der Waals surface area contributed by atoms with Gasteiger partial charge in [0, 0.05) is 57.4 Å². The summed E-state index contributed by atoms with van der Waals surface area (Å²) in [5, 5.41) is 0. The normalized spacial score (nSPS) is 14.6. The van der Waals surface area contributed by atoms with Crippen LogP contribution in [0.4, 0.5) is 11.8 Å². The molecule has 1 aromatic heterocycles. The highest BCUT2D eigenvalue weighted by molar-refractivity contribution is 5.55. The van der Waals surface area contributed by atoms with E-state index in [1.807, 2.05) is 12.1 Å². The number of ether oxygens (including phenoxy) is 3. The molecule has 186 valence electrons. The summed E-state index contributed by atoms with van der Waals surface area (Å²) in [6.07, 6.45) is 2.16. The molecule has 0 spiro atoms. The molecule has 9 nitrogen and oxygen atoms in total. The molecule has 4 N–H and O–H groups in total. The fraction of sp³-hybridized carbons (Fsp3) is 0.385. The minimum atomic E-state index is 0.155. The molecule has 0 aliphatic carbocycles. The number of anilines is 2. The Morgan fingerprint density at radius 2 is 1.54 bits per heavy atom. The van der Waals surface area contributed by atoms with Gasteiger partial charge >= 0.3 is 0 Å². The van der Waals surface area contributed by atoms with Gasteiger partial charge in [-0.1, -0.05) is 30.3 Å². The first-order valence-corrected chi connectivity index (χ1v) is 11.8. The van der Waals surface area contributed by atoms with E-state index in [2.05, 4.69) is 50.1 Å². The van der Waals surface area contributed by atoms with Crippen LogP contribution in [0, 0.1) is 0 Å². The Morgan fingerprint density at radius 3 is 2.17 bits per heavy atom. The van der Waals surface area contributed by atoms with Crippen LogP contribution in [0.15, 0.2) is 48.7 Å². The fourth-order valence-corrected chi connectivity index (χ4v) is 4.26.